The smallest absolute Gasteiger partial charge is 0.230 e. The standard InChI is InChI=1S/C15H17N3OS/c1-10-15(18-13-5-3-2-4-12(13)17-10)20-9-14(19)16-8-11-6-7-11/h2-5,11H,6-9H2,1H3,(H,16,19). The van der Waals surface area contributed by atoms with Gasteiger partial charge < -0.3 is 5.32 Å². The Morgan fingerprint density at radius 2 is 2.00 bits per heavy atom. The van der Waals surface area contributed by atoms with E-state index >= 15 is 0 Å². The summed E-state index contributed by atoms with van der Waals surface area (Å²) >= 11 is 1.46. The first-order chi connectivity index (χ1) is 9.72. The normalized spacial score (nSPS) is 14.4. The maximum absolute atomic E-state index is 11.7. The monoisotopic (exact) mass is 287 g/mol. The van der Waals surface area contributed by atoms with Gasteiger partial charge in [0.2, 0.25) is 5.91 Å². The van der Waals surface area contributed by atoms with Crippen molar-refractivity contribution in [2.24, 2.45) is 5.92 Å². The molecule has 1 heterocycles. The lowest BCUT2D eigenvalue weighted by Crippen LogP contribution is -2.27. The summed E-state index contributed by atoms with van der Waals surface area (Å²) in [6.45, 7) is 2.76. The Labute approximate surface area is 122 Å². The summed E-state index contributed by atoms with van der Waals surface area (Å²) in [5, 5.41) is 3.80. The summed E-state index contributed by atoms with van der Waals surface area (Å²) in [7, 11) is 0. The molecule has 0 unspecified atom stereocenters. The molecule has 1 aromatic heterocycles. The fourth-order valence-electron chi connectivity index (χ4n) is 1.97. The van der Waals surface area contributed by atoms with Gasteiger partial charge in [0.05, 0.1) is 22.5 Å². The fourth-order valence-corrected chi connectivity index (χ4v) is 2.76. The molecule has 2 aromatic rings. The number of hydrogen-bond donors (Lipinski definition) is 1. The van der Waals surface area contributed by atoms with Crippen molar-refractivity contribution in [2.45, 2.75) is 24.8 Å². The molecular weight excluding hydrogens is 270 g/mol. The summed E-state index contributed by atoms with van der Waals surface area (Å²) in [6.07, 6.45) is 2.51. The maximum Gasteiger partial charge on any atom is 0.230 e. The number of para-hydroxylation sites is 2. The van der Waals surface area contributed by atoms with Crippen molar-refractivity contribution >= 4 is 28.7 Å². The number of carbonyl (C=O) groups is 1. The molecule has 0 spiro atoms. The van der Waals surface area contributed by atoms with Gasteiger partial charge >= 0.3 is 0 Å². The SMILES string of the molecule is Cc1nc2ccccc2nc1SCC(=O)NCC1CC1. The third-order valence-corrected chi connectivity index (χ3v) is 4.39. The van der Waals surface area contributed by atoms with Crippen molar-refractivity contribution in [2.75, 3.05) is 12.3 Å². The van der Waals surface area contributed by atoms with Crippen molar-refractivity contribution < 1.29 is 4.79 Å². The summed E-state index contributed by atoms with van der Waals surface area (Å²) in [5.41, 5.74) is 2.65. The topological polar surface area (TPSA) is 54.9 Å². The third kappa shape index (κ3) is 3.28. The number of fused-ring (bicyclic) bond motifs is 1. The zero-order chi connectivity index (χ0) is 13.9. The van der Waals surface area contributed by atoms with Crippen LogP contribution in [0.1, 0.15) is 18.5 Å². The molecule has 20 heavy (non-hydrogen) atoms. The molecule has 1 aliphatic rings. The molecule has 1 saturated carbocycles. The van der Waals surface area contributed by atoms with Crippen LogP contribution in [0, 0.1) is 12.8 Å². The molecule has 1 aromatic carbocycles. The van der Waals surface area contributed by atoms with E-state index in [1.54, 1.807) is 0 Å². The largest absolute Gasteiger partial charge is 0.355 e. The molecule has 1 fully saturated rings. The van der Waals surface area contributed by atoms with Gasteiger partial charge in [-0.15, -0.1) is 0 Å². The molecule has 0 atom stereocenters. The van der Waals surface area contributed by atoms with Crippen molar-refractivity contribution in [3.8, 4) is 0 Å². The minimum atomic E-state index is 0.0799. The van der Waals surface area contributed by atoms with Crippen LogP contribution in [0.25, 0.3) is 11.0 Å². The zero-order valence-corrected chi connectivity index (χ0v) is 12.2. The fraction of sp³-hybridized carbons (Fsp3) is 0.400. The van der Waals surface area contributed by atoms with Crippen molar-refractivity contribution in [1.29, 1.82) is 0 Å². The number of hydrogen-bond acceptors (Lipinski definition) is 4. The van der Waals surface area contributed by atoms with E-state index in [2.05, 4.69) is 15.3 Å². The van der Waals surface area contributed by atoms with Gasteiger partial charge in [-0.05, 0) is 37.8 Å². The second kappa shape index (κ2) is 5.79. The highest BCUT2D eigenvalue weighted by Gasteiger charge is 2.21. The Hall–Kier alpha value is -1.62. The molecular formula is C15H17N3OS. The molecule has 0 saturated heterocycles. The van der Waals surface area contributed by atoms with Crippen LogP contribution in [0.4, 0.5) is 0 Å². The first-order valence-corrected chi connectivity index (χ1v) is 7.84. The zero-order valence-electron chi connectivity index (χ0n) is 11.4. The molecule has 4 nitrogen and oxygen atoms in total. The lowest BCUT2D eigenvalue weighted by atomic mass is 10.3. The second-order valence-electron chi connectivity index (χ2n) is 5.14. The first-order valence-electron chi connectivity index (χ1n) is 6.85. The van der Waals surface area contributed by atoms with E-state index in [-0.39, 0.29) is 5.91 Å². The predicted octanol–water partition coefficient (Wildman–Crippen LogP) is 2.56. The van der Waals surface area contributed by atoms with Crippen LogP contribution in [0.3, 0.4) is 0 Å². The van der Waals surface area contributed by atoms with E-state index in [1.165, 1.54) is 24.6 Å². The number of benzene rings is 1. The molecule has 1 amide bonds. The van der Waals surface area contributed by atoms with Gasteiger partial charge in [-0.3, -0.25) is 4.79 Å². The minimum Gasteiger partial charge on any atom is -0.355 e. The number of nitrogens with one attached hydrogen (secondary N) is 1. The second-order valence-corrected chi connectivity index (χ2v) is 6.10. The molecule has 1 N–H and O–H groups in total. The number of rotatable bonds is 5. The van der Waals surface area contributed by atoms with E-state index in [0.717, 1.165) is 28.3 Å². The Morgan fingerprint density at radius 1 is 1.30 bits per heavy atom. The van der Waals surface area contributed by atoms with Gasteiger partial charge in [-0.25, -0.2) is 9.97 Å². The predicted molar refractivity (Wildman–Crippen MR) is 80.7 cm³/mol. The van der Waals surface area contributed by atoms with E-state index < -0.39 is 0 Å². The number of amides is 1. The highest BCUT2D eigenvalue weighted by atomic mass is 32.2. The number of nitrogens with zero attached hydrogens (tertiary/aromatic N) is 2. The Morgan fingerprint density at radius 3 is 2.70 bits per heavy atom. The number of thioether (sulfide) groups is 1. The summed E-state index contributed by atoms with van der Waals surface area (Å²) in [4.78, 5) is 20.8. The van der Waals surface area contributed by atoms with Crippen LogP contribution < -0.4 is 5.32 Å². The summed E-state index contributed by atoms with van der Waals surface area (Å²) in [5.74, 6) is 1.20. The van der Waals surface area contributed by atoms with Crippen molar-refractivity contribution in [3.63, 3.8) is 0 Å². The van der Waals surface area contributed by atoms with Gasteiger partial charge in [0.15, 0.2) is 0 Å². The molecule has 0 aliphatic heterocycles. The molecule has 104 valence electrons. The average Bonchev–Trinajstić information content (AvgIpc) is 3.27. The molecule has 0 radical (unpaired) electrons. The van der Waals surface area contributed by atoms with Crippen molar-refractivity contribution in [1.82, 2.24) is 15.3 Å². The van der Waals surface area contributed by atoms with Crippen LogP contribution in [0.15, 0.2) is 29.3 Å². The van der Waals surface area contributed by atoms with Crippen molar-refractivity contribution in [3.05, 3.63) is 30.0 Å². The first kappa shape index (κ1) is 13.4. The minimum absolute atomic E-state index is 0.0799. The molecule has 0 bridgehead atoms. The van der Waals surface area contributed by atoms with E-state index in [9.17, 15) is 4.79 Å². The van der Waals surface area contributed by atoms with Gasteiger partial charge in [-0.2, -0.15) is 0 Å². The lowest BCUT2D eigenvalue weighted by molar-refractivity contribution is -0.118. The van der Waals surface area contributed by atoms with Crippen LogP contribution >= 0.6 is 11.8 Å². The quantitative estimate of drug-likeness (QED) is 0.859. The van der Waals surface area contributed by atoms with E-state index in [1.807, 2.05) is 31.2 Å². The van der Waals surface area contributed by atoms with E-state index in [4.69, 9.17) is 0 Å². The Balaban J connectivity index is 1.63. The number of carbonyl (C=O) groups excluding carboxylic acids is 1. The van der Waals surface area contributed by atoms with Crippen LogP contribution in [-0.2, 0) is 4.79 Å². The number of aromatic nitrogens is 2. The van der Waals surface area contributed by atoms with Gasteiger partial charge in [0.1, 0.15) is 5.03 Å². The highest BCUT2D eigenvalue weighted by molar-refractivity contribution is 7.99. The third-order valence-electron chi connectivity index (χ3n) is 3.33. The van der Waals surface area contributed by atoms with Gasteiger partial charge in [-0.1, -0.05) is 23.9 Å². The Bertz CT molecular complexity index is 640. The lowest BCUT2D eigenvalue weighted by Gasteiger charge is -2.06. The molecule has 3 rings (SSSR count). The average molecular weight is 287 g/mol. The van der Waals surface area contributed by atoms with Crippen LogP contribution in [-0.4, -0.2) is 28.2 Å². The summed E-state index contributed by atoms with van der Waals surface area (Å²) in [6, 6.07) is 7.79. The van der Waals surface area contributed by atoms with E-state index in [0.29, 0.717) is 11.7 Å². The molecule has 1 aliphatic carbocycles. The van der Waals surface area contributed by atoms with Gasteiger partial charge in [0, 0.05) is 6.54 Å². The highest BCUT2D eigenvalue weighted by Crippen LogP contribution is 2.27. The maximum atomic E-state index is 11.7. The Kier molecular flexibility index (Phi) is 3.87. The van der Waals surface area contributed by atoms with Crippen LogP contribution in [0.5, 0.6) is 0 Å². The summed E-state index contributed by atoms with van der Waals surface area (Å²) < 4.78 is 0. The van der Waals surface area contributed by atoms with Crippen LogP contribution in [0.2, 0.25) is 0 Å². The number of aryl methyl sites for hydroxylation is 1. The molecule has 5 heteroatoms. The van der Waals surface area contributed by atoms with Gasteiger partial charge in [0.25, 0.3) is 0 Å².